The van der Waals surface area contributed by atoms with Crippen molar-refractivity contribution in [2.45, 2.75) is 10.8 Å². The third-order valence-electron chi connectivity index (χ3n) is 3.26. The van der Waals surface area contributed by atoms with Crippen molar-refractivity contribution in [2.75, 3.05) is 0 Å². The molecule has 0 aliphatic heterocycles. The Bertz CT molecular complexity index is 897. The smallest absolute Gasteiger partial charge is 0.139 e. The van der Waals surface area contributed by atoms with Gasteiger partial charge < -0.3 is 4.98 Å². The number of aromatic amines is 1. The molecule has 23 heavy (non-hydrogen) atoms. The van der Waals surface area contributed by atoms with Gasteiger partial charge in [-0.05, 0) is 5.56 Å². The summed E-state index contributed by atoms with van der Waals surface area (Å²) in [6, 6.07) is 22.0. The maximum atomic E-state index is 9.37. The summed E-state index contributed by atoms with van der Waals surface area (Å²) in [6.07, 6.45) is 0. The molecule has 0 spiro atoms. The van der Waals surface area contributed by atoms with E-state index in [1.165, 1.54) is 17.3 Å². The standard InChI is InChI=1S/C18H13N3S2/c19-11-15-17(22)20-16(14-9-5-2-6-10-14)21-18(15)23-12-13-7-3-1-4-8-13/h1-10H,12H2,(H,20,21,22). The first-order chi connectivity index (χ1) is 11.3. The van der Waals surface area contributed by atoms with Gasteiger partial charge in [-0.3, -0.25) is 0 Å². The molecular weight excluding hydrogens is 322 g/mol. The SMILES string of the molecule is N#Cc1c(SCc2ccccc2)nc(-c2ccccc2)[nH]c1=S. The fourth-order valence-electron chi connectivity index (χ4n) is 2.11. The molecule has 1 heterocycles. The van der Waals surface area contributed by atoms with Crippen LogP contribution in [0.5, 0.6) is 0 Å². The van der Waals surface area contributed by atoms with Crippen LogP contribution < -0.4 is 0 Å². The molecule has 0 fully saturated rings. The Kier molecular flexibility index (Phi) is 4.86. The number of aromatic nitrogens is 2. The van der Waals surface area contributed by atoms with Gasteiger partial charge in [0.25, 0.3) is 0 Å². The highest BCUT2D eigenvalue weighted by Gasteiger charge is 2.11. The molecule has 5 heteroatoms. The highest BCUT2D eigenvalue weighted by Crippen LogP contribution is 2.27. The Morgan fingerprint density at radius 3 is 2.35 bits per heavy atom. The first kappa shape index (κ1) is 15.5. The van der Waals surface area contributed by atoms with Crippen molar-refractivity contribution in [3.05, 3.63) is 76.4 Å². The van der Waals surface area contributed by atoms with E-state index in [1.54, 1.807) is 0 Å². The average molecular weight is 335 g/mol. The number of benzene rings is 2. The van der Waals surface area contributed by atoms with Crippen LogP contribution in [0.4, 0.5) is 0 Å². The Morgan fingerprint density at radius 2 is 1.70 bits per heavy atom. The van der Waals surface area contributed by atoms with Crippen molar-refractivity contribution in [2.24, 2.45) is 0 Å². The molecule has 0 aliphatic rings. The molecule has 0 radical (unpaired) electrons. The lowest BCUT2D eigenvalue weighted by Crippen LogP contribution is -1.97. The number of nitriles is 1. The monoisotopic (exact) mass is 335 g/mol. The van der Waals surface area contributed by atoms with Crippen molar-refractivity contribution in [1.82, 2.24) is 9.97 Å². The van der Waals surface area contributed by atoms with Crippen molar-refractivity contribution < 1.29 is 0 Å². The van der Waals surface area contributed by atoms with Gasteiger partial charge in [-0.1, -0.05) is 72.9 Å². The van der Waals surface area contributed by atoms with E-state index in [0.717, 1.165) is 11.3 Å². The minimum absolute atomic E-state index is 0.428. The lowest BCUT2D eigenvalue weighted by molar-refractivity contribution is 1.03. The highest BCUT2D eigenvalue weighted by molar-refractivity contribution is 7.98. The maximum absolute atomic E-state index is 9.37. The van der Waals surface area contributed by atoms with Gasteiger partial charge in [0.2, 0.25) is 0 Å². The molecule has 0 aliphatic carbocycles. The van der Waals surface area contributed by atoms with Crippen LogP contribution in [0.3, 0.4) is 0 Å². The number of hydrogen-bond acceptors (Lipinski definition) is 4. The fourth-order valence-corrected chi connectivity index (χ4v) is 3.36. The number of hydrogen-bond donors (Lipinski definition) is 1. The van der Waals surface area contributed by atoms with E-state index in [-0.39, 0.29) is 0 Å². The number of thioether (sulfide) groups is 1. The van der Waals surface area contributed by atoms with Crippen molar-refractivity contribution in [3.63, 3.8) is 0 Å². The molecular formula is C18H13N3S2. The molecule has 1 N–H and O–H groups in total. The number of nitrogens with one attached hydrogen (secondary N) is 1. The summed E-state index contributed by atoms with van der Waals surface area (Å²) in [6.45, 7) is 0. The lowest BCUT2D eigenvalue weighted by Gasteiger charge is -2.07. The van der Waals surface area contributed by atoms with Crippen LogP contribution in [-0.2, 0) is 5.75 Å². The van der Waals surface area contributed by atoms with Gasteiger partial charge in [-0.25, -0.2) is 4.98 Å². The molecule has 0 saturated carbocycles. The van der Waals surface area contributed by atoms with E-state index < -0.39 is 0 Å². The summed E-state index contributed by atoms with van der Waals surface area (Å²) in [5.41, 5.74) is 2.56. The second-order valence-electron chi connectivity index (χ2n) is 4.85. The molecule has 3 aromatic rings. The first-order valence-corrected chi connectivity index (χ1v) is 8.44. The summed E-state index contributed by atoms with van der Waals surface area (Å²) in [5, 5.41) is 10.0. The summed E-state index contributed by atoms with van der Waals surface area (Å²) < 4.78 is 0.428. The maximum Gasteiger partial charge on any atom is 0.139 e. The van der Waals surface area contributed by atoms with Crippen molar-refractivity contribution in [1.29, 1.82) is 5.26 Å². The van der Waals surface area contributed by atoms with Gasteiger partial charge in [0.1, 0.15) is 27.1 Å². The summed E-state index contributed by atoms with van der Waals surface area (Å²) in [7, 11) is 0. The van der Waals surface area contributed by atoms with Crippen LogP contribution in [0.15, 0.2) is 65.7 Å². The van der Waals surface area contributed by atoms with Crippen LogP contribution in [0.1, 0.15) is 11.1 Å². The van der Waals surface area contributed by atoms with E-state index >= 15 is 0 Å². The van der Waals surface area contributed by atoms with Crippen molar-refractivity contribution >= 4 is 24.0 Å². The third-order valence-corrected chi connectivity index (χ3v) is 4.62. The zero-order valence-corrected chi connectivity index (χ0v) is 13.8. The third kappa shape index (κ3) is 3.67. The Hall–Kier alpha value is -2.42. The molecule has 112 valence electrons. The van der Waals surface area contributed by atoms with E-state index in [1.807, 2.05) is 48.5 Å². The fraction of sp³-hybridized carbons (Fsp3) is 0.0556. The summed E-state index contributed by atoms with van der Waals surface area (Å²) in [5.74, 6) is 1.43. The normalized spacial score (nSPS) is 10.2. The van der Waals surface area contributed by atoms with Crippen LogP contribution in [-0.4, -0.2) is 9.97 Å². The Labute approximate surface area is 144 Å². The van der Waals surface area contributed by atoms with E-state index in [9.17, 15) is 5.26 Å². The van der Waals surface area contributed by atoms with Crippen LogP contribution in [0.2, 0.25) is 0 Å². The highest BCUT2D eigenvalue weighted by atomic mass is 32.2. The molecule has 3 nitrogen and oxygen atoms in total. The van der Waals surface area contributed by atoms with Crippen LogP contribution in [0, 0.1) is 16.0 Å². The molecule has 0 amide bonds. The average Bonchev–Trinajstić information content (AvgIpc) is 2.61. The Morgan fingerprint density at radius 1 is 1.04 bits per heavy atom. The molecule has 2 aromatic carbocycles. The van der Waals surface area contributed by atoms with Gasteiger partial charge in [0.05, 0.1) is 0 Å². The number of H-pyrrole nitrogens is 1. The largest absolute Gasteiger partial charge is 0.330 e. The first-order valence-electron chi connectivity index (χ1n) is 7.04. The van der Waals surface area contributed by atoms with Gasteiger partial charge in [-0.2, -0.15) is 5.26 Å². The van der Waals surface area contributed by atoms with Gasteiger partial charge in [0.15, 0.2) is 0 Å². The zero-order chi connectivity index (χ0) is 16.1. The number of rotatable bonds is 4. The van der Waals surface area contributed by atoms with Gasteiger partial charge >= 0.3 is 0 Å². The molecule has 0 unspecified atom stereocenters. The second-order valence-corrected chi connectivity index (χ2v) is 6.22. The topological polar surface area (TPSA) is 52.5 Å². The molecule has 3 rings (SSSR count). The summed E-state index contributed by atoms with van der Waals surface area (Å²) >= 11 is 6.85. The van der Waals surface area contributed by atoms with Gasteiger partial charge in [-0.15, -0.1) is 11.8 Å². The molecule has 0 atom stereocenters. The molecule has 0 bridgehead atoms. The number of nitrogens with zero attached hydrogens (tertiary/aromatic N) is 2. The predicted octanol–water partition coefficient (Wildman–Crippen LogP) is 4.97. The van der Waals surface area contributed by atoms with Crippen molar-refractivity contribution in [3.8, 4) is 17.5 Å². The van der Waals surface area contributed by atoms with E-state index in [0.29, 0.717) is 21.1 Å². The zero-order valence-electron chi connectivity index (χ0n) is 12.2. The predicted molar refractivity (Wildman–Crippen MR) is 95.6 cm³/mol. The van der Waals surface area contributed by atoms with Crippen LogP contribution in [0.25, 0.3) is 11.4 Å². The van der Waals surface area contributed by atoms with E-state index in [2.05, 4.69) is 28.2 Å². The Balaban J connectivity index is 1.96. The lowest BCUT2D eigenvalue weighted by atomic mass is 10.2. The molecule has 1 aromatic heterocycles. The summed E-state index contributed by atoms with van der Waals surface area (Å²) in [4.78, 5) is 7.66. The van der Waals surface area contributed by atoms with E-state index in [4.69, 9.17) is 12.2 Å². The van der Waals surface area contributed by atoms with Gasteiger partial charge in [0, 0.05) is 11.3 Å². The van der Waals surface area contributed by atoms with Crippen LogP contribution >= 0.6 is 24.0 Å². The minimum atomic E-state index is 0.428. The quantitative estimate of drug-likeness (QED) is 0.415. The minimum Gasteiger partial charge on any atom is -0.330 e. The molecule has 0 saturated heterocycles. The second kappa shape index (κ2) is 7.23.